The molecule has 0 radical (unpaired) electrons. The Morgan fingerprint density at radius 3 is 2.53 bits per heavy atom. The van der Waals surface area contributed by atoms with Gasteiger partial charge in [0.25, 0.3) is 0 Å². The van der Waals surface area contributed by atoms with E-state index in [0.717, 1.165) is 28.3 Å². The van der Waals surface area contributed by atoms with E-state index in [1.54, 1.807) is 4.68 Å². The van der Waals surface area contributed by atoms with Gasteiger partial charge in [0.05, 0.1) is 11.3 Å². The highest BCUT2D eigenvalue weighted by Gasteiger charge is 2.14. The van der Waals surface area contributed by atoms with E-state index in [4.69, 9.17) is 22.7 Å². The zero-order chi connectivity index (χ0) is 14.2. The fraction of sp³-hybridized carbons (Fsp3) is 0.286. The van der Waals surface area contributed by atoms with E-state index in [9.17, 15) is 0 Å². The van der Waals surface area contributed by atoms with Crippen molar-refractivity contribution in [2.45, 2.75) is 20.8 Å². The van der Waals surface area contributed by atoms with Crippen molar-refractivity contribution in [1.82, 2.24) is 9.78 Å². The molecule has 100 valence electrons. The van der Waals surface area contributed by atoms with Gasteiger partial charge in [-0.3, -0.25) is 4.68 Å². The predicted octanol–water partition coefficient (Wildman–Crippen LogP) is 2.77. The third-order valence-corrected chi connectivity index (χ3v) is 3.28. The number of benzene rings is 1. The van der Waals surface area contributed by atoms with E-state index in [1.807, 2.05) is 46.0 Å². The molecule has 4 nitrogen and oxygen atoms in total. The van der Waals surface area contributed by atoms with Gasteiger partial charge in [0, 0.05) is 7.05 Å². The zero-order valence-corrected chi connectivity index (χ0v) is 12.3. The molecule has 0 unspecified atom stereocenters. The van der Waals surface area contributed by atoms with Crippen molar-refractivity contribution in [3.05, 3.63) is 40.7 Å². The van der Waals surface area contributed by atoms with E-state index in [1.165, 1.54) is 0 Å². The highest BCUT2D eigenvalue weighted by molar-refractivity contribution is 7.80. The van der Waals surface area contributed by atoms with Crippen LogP contribution in [0.1, 0.15) is 22.5 Å². The molecular weight excluding hydrogens is 258 g/mol. The van der Waals surface area contributed by atoms with Crippen molar-refractivity contribution in [3.63, 3.8) is 0 Å². The first-order chi connectivity index (χ1) is 8.90. The minimum absolute atomic E-state index is 0.331. The fourth-order valence-corrected chi connectivity index (χ4v) is 2.10. The number of nitrogens with zero attached hydrogens (tertiary/aromatic N) is 2. The van der Waals surface area contributed by atoms with Gasteiger partial charge in [-0.05, 0) is 32.9 Å². The molecule has 2 aromatic rings. The van der Waals surface area contributed by atoms with E-state index in [2.05, 4.69) is 5.10 Å². The molecule has 0 amide bonds. The number of ether oxygens (including phenoxy) is 1. The summed E-state index contributed by atoms with van der Waals surface area (Å²) in [5, 5.41) is 4.33. The van der Waals surface area contributed by atoms with Crippen LogP contribution in [-0.4, -0.2) is 14.8 Å². The van der Waals surface area contributed by atoms with Crippen molar-refractivity contribution in [1.29, 1.82) is 0 Å². The standard InChI is InChI=1S/C14H17N3OS/c1-8-5-6-12(11(7-8)14(15)19)18-13-9(2)16-17(4)10(13)3/h5-7H,1-4H3,(H2,15,19). The Bertz CT molecular complexity index is 646. The minimum atomic E-state index is 0.331. The van der Waals surface area contributed by atoms with Gasteiger partial charge in [0.1, 0.15) is 16.4 Å². The number of hydrogen-bond acceptors (Lipinski definition) is 3. The Hall–Kier alpha value is -1.88. The van der Waals surface area contributed by atoms with E-state index in [0.29, 0.717) is 10.7 Å². The van der Waals surface area contributed by atoms with Crippen LogP contribution in [0.3, 0.4) is 0 Å². The summed E-state index contributed by atoms with van der Waals surface area (Å²) in [6.45, 7) is 5.87. The summed E-state index contributed by atoms with van der Waals surface area (Å²) in [6.07, 6.45) is 0. The molecule has 0 spiro atoms. The molecule has 0 atom stereocenters. The Labute approximate surface area is 118 Å². The van der Waals surface area contributed by atoms with Crippen LogP contribution in [0.4, 0.5) is 0 Å². The largest absolute Gasteiger partial charge is 0.453 e. The molecule has 0 bridgehead atoms. The summed E-state index contributed by atoms with van der Waals surface area (Å²) in [7, 11) is 1.89. The van der Waals surface area contributed by atoms with Crippen molar-refractivity contribution in [2.75, 3.05) is 0 Å². The predicted molar refractivity (Wildman–Crippen MR) is 79.8 cm³/mol. The molecule has 0 saturated heterocycles. The average Bonchev–Trinajstić information content (AvgIpc) is 2.57. The first-order valence-corrected chi connectivity index (χ1v) is 6.39. The van der Waals surface area contributed by atoms with Crippen LogP contribution in [0.5, 0.6) is 11.5 Å². The van der Waals surface area contributed by atoms with Crippen LogP contribution in [-0.2, 0) is 7.05 Å². The second-order valence-electron chi connectivity index (χ2n) is 4.59. The molecule has 1 heterocycles. The highest BCUT2D eigenvalue weighted by atomic mass is 32.1. The second-order valence-corrected chi connectivity index (χ2v) is 5.03. The van der Waals surface area contributed by atoms with Crippen molar-refractivity contribution in [2.24, 2.45) is 12.8 Å². The molecule has 2 N–H and O–H groups in total. The first-order valence-electron chi connectivity index (χ1n) is 5.98. The lowest BCUT2D eigenvalue weighted by Gasteiger charge is -2.11. The van der Waals surface area contributed by atoms with Crippen LogP contribution in [0.25, 0.3) is 0 Å². The number of rotatable bonds is 3. The zero-order valence-electron chi connectivity index (χ0n) is 11.5. The normalized spacial score (nSPS) is 10.5. The maximum atomic E-state index is 5.96. The number of aromatic nitrogens is 2. The van der Waals surface area contributed by atoms with Gasteiger partial charge < -0.3 is 10.5 Å². The molecule has 0 aliphatic heterocycles. The molecule has 0 fully saturated rings. The Balaban J connectivity index is 2.46. The van der Waals surface area contributed by atoms with Gasteiger partial charge in [0.2, 0.25) is 0 Å². The number of aryl methyl sites for hydroxylation is 3. The van der Waals surface area contributed by atoms with Crippen molar-refractivity contribution in [3.8, 4) is 11.5 Å². The molecule has 1 aromatic heterocycles. The third-order valence-electron chi connectivity index (χ3n) is 3.06. The lowest BCUT2D eigenvalue weighted by atomic mass is 10.1. The fourth-order valence-electron chi connectivity index (χ4n) is 1.94. The number of thiocarbonyl (C=S) groups is 1. The lowest BCUT2D eigenvalue weighted by molar-refractivity contribution is 0.473. The summed E-state index contributed by atoms with van der Waals surface area (Å²) >= 11 is 5.07. The van der Waals surface area contributed by atoms with Gasteiger partial charge in [-0.2, -0.15) is 5.10 Å². The number of nitrogens with two attached hydrogens (primary N) is 1. The Morgan fingerprint density at radius 1 is 1.32 bits per heavy atom. The van der Waals surface area contributed by atoms with E-state index < -0.39 is 0 Å². The quantitative estimate of drug-likeness (QED) is 0.875. The smallest absolute Gasteiger partial charge is 0.171 e. The van der Waals surface area contributed by atoms with Crippen molar-refractivity contribution >= 4 is 17.2 Å². The molecule has 2 rings (SSSR count). The number of hydrogen-bond donors (Lipinski definition) is 1. The topological polar surface area (TPSA) is 53.1 Å². The summed E-state index contributed by atoms with van der Waals surface area (Å²) in [4.78, 5) is 0.331. The monoisotopic (exact) mass is 275 g/mol. The van der Waals surface area contributed by atoms with Gasteiger partial charge in [0.15, 0.2) is 5.75 Å². The maximum absolute atomic E-state index is 5.96. The maximum Gasteiger partial charge on any atom is 0.171 e. The van der Waals surface area contributed by atoms with Gasteiger partial charge >= 0.3 is 0 Å². The van der Waals surface area contributed by atoms with Crippen LogP contribution in [0, 0.1) is 20.8 Å². The minimum Gasteiger partial charge on any atom is -0.453 e. The molecule has 0 aliphatic rings. The summed E-state index contributed by atoms with van der Waals surface area (Å²) in [6, 6.07) is 5.78. The lowest BCUT2D eigenvalue weighted by Crippen LogP contribution is -2.11. The molecule has 5 heteroatoms. The van der Waals surface area contributed by atoms with Crippen LogP contribution in [0.2, 0.25) is 0 Å². The van der Waals surface area contributed by atoms with E-state index >= 15 is 0 Å². The summed E-state index contributed by atoms with van der Waals surface area (Å²) in [5.74, 6) is 1.42. The third kappa shape index (κ3) is 2.61. The molecular formula is C14H17N3OS. The SMILES string of the molecule is Cc1ccc(Oc2c(C)nn(C)c2C)c(C(N)=S)c1. The summed E-state index contributed by atoms with van der Waals surface area (Å²) < 4.78 is 7.75. The second kappa shape index (κ2) is 5.01. The first kappa shape index (κ1) is 13.5. The molecule has 0 aliphatic carbocycles. The molecule has 0 saturated carbocycles. The summed E-state index contributed by atoms with van der Waals surface area (Å²) in [5.41, 5.74) is 9.40. The van der Waals surface area contributed by atoms with Crippen LogP contribution in [0.15, 0.2) is 18.2 Å². The van der Waals surface area contributed by atoms with Gasteiger partial charge in [-0.25, -0.2) is 0 Å². The molecule has 1 aromatic carbocycles. The van der Waals surface area contributed by atoms with Gasteiger partial charge in [-0.15, -0.1) is 0 Å². The van der Waals surface area contributed by atoms with E-state index in [-0.39, 0.29) is 0 Å². The Morgan fingerprint density at radius 2 is 2.00 bits per heavy atom. The van der Waals surface area contributed by atoms with Crippen LogP contribution < -0.4 is 10.5 Å². The average molecular weight is 275 g/mol. The highest BCUT2D eigenvalue weighted by Crippen LogP contribution is 2.30. The molecule has 19 heavy (non-hydrogen) atoms. The Kier molecular flexibility index (Phi) is 3.57. The van der Waals surface area contributed by atoms with Gasteiger partial charge in [-0.1, -0.05) is 23.8 Å². The van der Waals surface area contributed by atoms with Crippen LogP contribution >= 0.6 is 12.2 Å². The van der Waals surface area contributed by atoms with Crippen molar-refractivity contribution < 1.29 is 4.74 Å².